The third kappa shape index (κ3) is 3.45. The minimum Gasteiger partial charge on any atom is -0.490 e. The van der Waals surface area contributed by atoms with Crippen LogP contribution in [0, 0.1) is 0 Å². The number of amides is 1. The van der Waals surface area contributed by atoms with E-state index in [1.165, 1.54) is 0 Å². The molecule has 0 bridgehead atoms. The van der Waals surface area contributed by atoms with Gasteiger partial charge in [0, 0.05) is 17.6 Å². The molecule has 0 spiro atoms. The fourth-order valence-electron chi connectivity index (χ4n) is 2.09. The Morgan fingerprint density at radius 1 is 1.20 bits per heavy atom. The van der Waals surface area contributed by atoms with Crippen molar-refractivity contribution in [1.29, 1.82) is 0 Å². The second-order valence-electron chi connectivity index (χ2n) is 4.67. The van der Waals surface area contributed by atoms with Gasteiger partial charge in [-0.1, -0.05) is 15.9 Å². The van der Waals surface area contributed by atoms with Crippen molar-refractivity contribution in [3.8, 4) is 11.5 Å². The summed E-state index contributed by atoms with van der Waals surface area (Å²) in [5.41, 5.74) is 0.939. The zero-order valence-electron chi connectivity index (χ0n) is 11.9. The molecule has 0 unspecified atom stereocenters. The average molecular weight is 342 g/mol. The quantitative estimate of drug-likeness (QED) is 0.798. The van der Waals surface area contributed by atoms with Crippen molar-refractivity contribution in [3.05, 3.63) is 22.2 Å². The summed E-state index contributed by atoms with van der Waals surface area (Å²) in [5, 5.41) is 0. The Labute approximate surface area is 128 Å². The first-order valence-corrected chi connectivity index (χ1v) is 7.80. The third-order valence-electron chi connectivity index (χ3n) is 3.26. The van der Waals surface area contributed by atoms with Crippen LogP contribution in [0.2, 0.25) is 0 Å². The van der Waals surface area contributed by atoms with Crippen LogP contribution in [0.5, 0.6) is 11.5 Å². The second kappa shape index (κ2) is 6.97. The highest BCUT2D eigenvalue weighted by molar-refractivity contribution is 9.10. The van der Waals surface area contributed by atoms with Crippen LogP contribution < -0.4 is 9.47 Å². The number of ether oxygens (including phenoxy) is 2. The van der Waals surface area contributed by atoms with Gasteiger partial charge in [-0.3, -0.25) is 4.79 Å². The summed E-state index contributed by atoms with van der Waals surface area (Å²) < 4.78 is 12.0. The molecule has 0 aromatic heterocycles. The number of halogens is 1. The molecule has 0 N–H and O–H groups in total. The highest BCUT2D eigenvalue weighted by Gasteiger charge is 2.21. The van der Waals surface area contributed by atoms with Crippen molar-refractivity contribution < 1.29 is 14.3 Å². The van der Waals surface area contributed by atoms with Gasteiger partial charge in [-0.05, 0) is 38.0 Å². The number of nitrogens with zero attached hydrogens (tertiary/aromatic N) is 1. The molecule has 110 valence electrons. The fourth-order valence-corrected chi connectivity index (χ4v) is 2.55. The van der Waals surface area contributed by atoms with E-state index in [2.05, 4.69) is 15.9 Å². The molecule has 1 heterocycles. The van der Waals surface area contributed by atoms with Gasteiger partial charge in [0.1, 0.15) is 0 Å². The summed E-state index contributed by atoms with van der Waals surface area (Å²) in [6, 6.07) is 3.78. The molecule has 1 aromatic rings. The molecule has 0 saturated carbocycles. The van der Waals surface area contributed by atoms with Gasteiger partial charge >= 0.3 is 0 Å². The van der Waals surface area contributed by atoms with E-state index in [-0.39, 0.29) is 5.91 Å². The molecule has 1 fully saturated rings. The van der Waals surface area contributed by atoms with Crippen LogP contribution in [0.3, 0.4) is 0 Å². The van der Waals surface area contributed by atoms with Gasteiger partial charge < -0.3 is 14.4 Å². The molecule has 5 heteroatoms. The van der Waals surface area contributed by atoms with Crippen LogP contribution in [0.25, 0.3) is 0 Å². The SMILES string of the molecule is CCOc1cc(Br)c(CC(=O)N2CCC2)cc1OCC. The van der Waals surface area contributed by atoms with Gasteiger partial charge in [0.2, 0.25) is 5.91 Å². The second-order valence-corrected chi connectivity index (χ2v) is 5.52. The van der Waals surface area contributed by atoms with Crippen molar-refractivity contribution in [2.75, 3.05) is 26.3 Å². The standard InChI is InChI=1S/C15H20BrNO3/c1-3-19-13-8-11(9-15(18)17-6-5-7-17)12(16)10-14(13)20-4-2/h8,10H,3-7,9H2,1-2H3. The van der Waals surface area contributed by atoms with Gasteiger partial charge in [0.05, 0.1) is 19.6 Å². The Kier molecular flexibility index (Phi) is 5.29. The summed E-state index contributed by atoms with van der Waals surface area (Å²) in [6.45, 7) is 6.78. The number of benzene rings is 1. The van der Waals surface area contributed by atoms with Gasteiger partial charge in [-0.15, -0.1) is 0 Å². The number of hydrogen-bond acceptors (Lipinski definition) is 3. The number of carbonyl (C=O) groups is 1. The summed E-state index contributed by atoms with van der Waals surface area (Å²) in [7, 11) is 0. The first-order chi connectivity index (χ1) is 9.65. The lowest BCUT2D eigenvalue weighted by atomic mass is 10.1. The van der Waals surface area contributed by atoms with Crippen molar-refractivity contribution in [2.24, 2.45) is 0 Å². The van der Waals surface area contributed by atoms with E-state index in [9.17, 15) is 4.79 Å². The third-order valence-corrected chi connectivity index (χ3v) is 4.00. The Bertz CT molecular complexity index is 486. The molecule has 1 aromatic carbocycles. The van der Waals surface area contributed by atoms with Gasteiger partial charge in [0.25, 0.3) is 0 Å². The number of likely N-dealkylation sites (tertiary alicyclic amines) is 1. The lowest BCUT2D eigenvalue weighted by Crippen LogP contribution is -2.42. The summed E-state index contributed by atoms with van der Waals surface area (Å²) in [4.78, 5) is 13.9. The van der Waals surface area contributed by atoms with Crippen LogP contribution in [0.1, 0.15) is 25.8 Å². The maximum absolute atomic E-state index is 12.1. The van der Waals surface area contributed by atoms with Gasteiger partial charge in [0.15, 0.2) is 11.5 Å². The van der Waals surface area contributed by atoms with Crippen molar-refractivity contribution in [1.82, 2.24) is 4.90 Å². The van der Waals surface area contributed by atoms with E-state index >= 15 is 0 Å². The monoisotopic (exact) mass is 341 g/mol. The van der Waals surface area contributed by atoms with E-state index in [1.807, 2.05) is 30.9 Å². The molecule has 0 radical (unpaired) electrons. The number of rotatable bonds is 6. The predicted molar refractivity (Wildman–Crippen MR) is 81.4 cm³/mol. The van der Waals surface area contributed by atoms with Crippen LogP contribution in [-0.4, -0.2) is 37.1 Å². The van der Waals surface area contributed by atoms with E-state index < -0.39 is 0 Å². The average Bonchev–Trinajstić information content (AvgIpc) is 2.33. The van der Waals surface area contributed by atoms with E-state index in [0.717, 1.165) is 29.5 Å². The molecule has 1 amide bonds. The molecular formula is C15H20BrNO3. The maximum Gasteiger partial charge on any atom is 0.227 e. The molecule has 4 nitrogen and oxygen atoms in total. The highest BCUT2D eigenvalue weighted by Crippen LogP contribution is 2.34. The van der Waals surface area contributed by atoms with Crippen LogP contribution in [0.4, 0.5) is 0 Å². The van der Waals surface area contributed by atoms with Crippen LogP contribution in [-0.2, 0) is 11.2 Å². The summed E-state index contributed by atoms with van der Waals surface area (Å²) in [6.07, 6.45) is 1.51. The lowest BCUT2D eigenvalue weighted by molar-refractivity contribution is -0.133. The van der Waals surface area contributed by atoms with E-state index in [1.54, 1.807) is 0 Å². The first kappa shape index (κ1) is 15.2. The molecular weight excluding hydrogens is 322 g/mol. The Balaban J connectivity index is 2.18. The van der Waals surface area contributed by atoms with Crippen LogP contribution >= 0.6 is 15.9 Å². The number of carbonyl (C=O) groups excluding carboxylic acids is 1. The Morgan fingerprint density at radius 2 is 1.80 bits per heavy atom. The largest absolute Gasteiger partial charge is 0.490 e. The number of hydrogen-bond donors (Lipinski definition) is 0. The van der Waals surface area contributed by atoms with Crippen molar-refractivity contribution in [3.63, 3.8) is 0 Å². The molecule has 1 aliphatic rings. The Morgan fingerprint density at radius 3 is 2.30 bits per heavy atom. The summed E-state index contributed by atoms with van der Waals surface area (Å²) in [5.74, 6) is 1.58. The molecule has 20 heavy (non-hydrogen) atoms. The maximum atomic E-state index is 12.1. The zero-order valence-corrected chi connectivity index (χ0v) is 13.5. The molecule has 2 rings (SSSR count). The van der Waals surface area contributed by atoms with E-state index in [0.29, 0.717) is 31.1 Å². The fraction of sp³-hybridized carbons (Fsp3) is 0.533. The zero-order chi connectivity index (χ0) is 14.5. The van der Waals surface area contributed by atoms with Crippen LogP contribution in [0.15, 0.2) is 16.6 Å². The molecule has 0 atom stereocenters. The minimum absolute atomic E-state index is 0.170. The van der Waals surface area contributed by atoms with E-state index in [4.69, 9.17) is 9.47 Å². The normalized spacial score (nSPS) is 13.8. The van der Waals surface area contributed by atoms with Gasteiger partial charge in [-0.25, -0.2) is 0 Å². The summed E-state index contributed by atoms with van der Waals surface area (Å²) >= 11 is 3.51. The Hall–Kier alpha value is -1.23. The molecule has 0 aliphatic carbocycles. The minimum atomic E-state index is 0.170. The topological polar surface area (TPSA) is 38.8 Å². The van der Waals surface area contributed by atoms with Crippen molar-refractivity contribution in [2.45, 2.75) is 26.7 Å². The molecule has 1 saturated heterocycles. The lowest BCUT2D eigenvalue weighted by Gasteiger charge is -2.31. The van der Waals surface area contributed by atoms with Gasteiger partial charge in [-0.2, -0.15) is 0 Å². The smallest absolute Gasteiger partial charge is 0.227 e. The first-order valence-electron chi connectivity index (χ1n) is 7.01. The van der Waals surface area contributed by atoms with Crippen molar-refractivity contribution >= 4 is 21.8 Å². The predicted octanol–water partition coefficient (Wildman–Crippen LogP) is 3.02. The highest BCUT2D eigenvalue weighted by atomic mass is 79.9. The molecule has 1 aliphatic heterocycles.